The van der Waals surface area contributed by atoms with E-state index in [4.69, 9.17) is 11.5 Å². The van der Waals surface area contributed by atoms with E-state index in [-0.39, 0.29) is 12.8 Å². The van der Waals surface area contributed by atoms with Gasteiger partial charge in [0.05, 0.1) is 12.1 Å². The fourth-order valence-electron chi connectivity index (χ4n) is 1.51. The van der Waals surface area contributed by atoms with Gasteiger partial charge in [0.2, 0.25) is 5.91 Å². The number of aliphatic hydroxyl groups is 1. The largest absolute Gasteiger partial charge is 0.480 e. The number of carboxylic acid groups (broad SMARTS) is 1. The van der Waals surface area contributed by atoms with Crippen molar-refractivity contribution >= 4 is 11.9 Å². The van der Waals surface area contributed by atoms with Gasteiger partial charge < -0.3 is 20.8 Å². The Morgan fingerprint density at radius 1 is 1.62 bits per heavy atom. The number of amides is 1. The van der Waals surface area contributed by atoms with Crippen LogP contribution in [0.15, 0.2) is 0 Å². The number of hydrogen-bond donors (Lipinski definition) is 4. The Bertz CT molecular complexity index is 323. The molecule has 1 aliphatic rings. The third-order valence-corrected chi connectivity index (χ3v) is 2.36. The standard InChI is InChI=1S/C10H14N2O4/c1-2-3-7(10(15)16)12-9(14)8-4-6(13)5-11-8/h1,6-8,11,13H,3-5H2,(H,12,14)(H,15,16). The van der Waals surface area contributed by atoms with Gasteiger partial charge in [0.15, 0.2) is 0 Å². The van der Waals surface area contributed by atoms with Crippen molar-refractivity contribution in [2.24, 2.45) is 0 Å². The van der Waals surface area contributed by atoms with Crippen molar-refractivity contribution in [3.63, 3.8) is 0 Å². The van der Waals surface area contributed by atoms with Crippen LogP contribution in [0.4, 0.5) is 0 Å². The summed E-state index contributed by atoms with van der Waals surface area (Å²) >= 11 is 0. The van der Waals surface area contributed by atoms with Crippen LogP contribution in [0, 0.1) is 12.3 Å². The molecule has 1 rings (SSSR count). The van der Waals surface area contributed by atoms with Gasteiger partial charge in [-0.05, 0) is 6.42 Å². The number of terminal acetylenes is 1. The summed E-state index contributed by atoms with van der Waals surface area (Å²) in [5.41, 5.74) is 0. The van der Waals surface area contributed by atoms with Gasteiger partial charge >= 0.3 is 5.97 Å². The zero-order chi connectivity index (χ0) is 12.1. The molecule has 1 saturated heterocycles. The summed E-state index contributed by atoms with van der Waals surface area (Å²) < 4.78 is 0. The fourth-order valence-corrected chi connectivity index (χ4v) is 1.51. The maximum Gasteiger partial charge on any atom is 0.327 e. The quantitative estimate of drug-likeness (QED) is 0.428. The third-order valence-electron chi connectivity index (χ3n) is 2.36. The second kappa shape index (κ2) is 5.49. The first-order valence-corrected chi connectivity index (χ1v) is 4.92. The summed E-state index contributed by atoms with van der Waals surface area (Å²) in [6.45, 7) is 0.338. The topological polar surface area (TPSA) is 98.7 Å². The summed E-state index contributed by atoms with van der Waals surface area (Å²) in [4.78, 5) is 22.3. The van der Waals surface area contributed by atoms with E-state index in [9.17, 15) is 14.7 Å². The first kappa shape index (κ1) is 12.5. The van der Waals surface area contributed by atoms with Crippen molar-refractivity contribution in [1.82, 2.24) is 10.6 Å². The predicted octanol–water partition coefficient (Wildman–Crippen LogP) is -1.70. The molecule has 1 aliphatic heterocycles. The predicted molar refractivity (Wildman–Crippen MR) is 55.4 cm³/mol. The second-order valence-electron chi connectivity index (χ2n) is 3.66. The van der Waals surface area contributed by atoms with Crippen LogP contribution >= 0.6 is 0 Å². The van der Waals surface area contributed by atoms with Gasteiger partial charge in [0, 0.05) is 13.0 Å². The van der Waals surface area contributed by atoms with E-state index < -0.39 is 30.1 Å². The highest BCUT2D eigenvalue weighted by molar-refractivity contribution is 5.87. The molecule has 0 saturated carbocycles. The lowest BCUT2D eigenvalue weighted by Gasteiger charge is -2.15. The minimum atomic E-state index is -1.16. The van der Waals surface area contributed by atoms with Crippen molar-refractivity contribution in [2.75, 3.05) is 6.54 Å². The molecule has 0 bridgehead atoms. The lowest BCUT2D eigenvalue weighted by atomic mass is 10.1. The SMILES string of the molecule is C#CCC(NC(=O)C1CC(O)CN1)C(=O)O. The monoisotopic (exact) mass is 226 g/mol. The number of aliphatic hydroxyl groups excluding tert-OH is 1. The molecule has 1 heterocycles. The molecule has 88 valence electrons. The number of carboxylic acids is 1. The van der Waals surface area contributed by atoms with E-state index in [1.165, 1.54) is 0 Å². The minimum Gasteiger partial charge on any atom is -0.480 e. The van der Waals surface area contributed by atoms with Crippen LogP contribution in [0.2, 0.25) is 0 Å². The molecule has 0 aromatic rings. The molecule has 4 N–H and O–H groups in total. The molecule has 3 unspecified atom stereocenters. The van der Waals surface area contributed by atoms with Crippen molar-refractivity contribution in [1.29, 1.82) is 0 Å². The molecule has 16 heavy (non-hydrogen) atoms. The molecular weight excluding hydrogens is 212 g/mol. The molecule has 1 amide bonds. The third kappa shape index (κ3) is 3.22. The van der Waals surface area contributed by atoms with Crippen LogP contribution in [-0.2, 0) is 9.59 Å². The van der Waals surface area contributed by atoms with Crippen LogP contribution in [0.5, 0.6) is 0 Å². The van der Waals surface area contributed by atoms with E-state index >= 15 is 0 Å². The van der Waals surface area contributed by atoms with Gasteiger partial charge in [-0.1, -0.05) is 0 Å². The highest BCUT2D eigenvalue weighted by atomic mass is 16.4. The highest BCUT2D eigenvalue weighted by Gasteiger charge is 2.30. The van der Waals surface area contributed by atoms with Crippen molar-refractivity contribution < 1.29 is 19.8 Å². The van der Waals surface area contributed by atoms with Crippen LogP contribution < -0.4 is 10.6 Å². The zero-order valence-corrected chi connectivity index (χ0v) is 8.64. The Morgan fingerprint density at radius 2 is 2.31 bits per heavy atom. The number of aliphatic carboxylic acids is 1. The van der Waals surface area contributed by atoms with Crippen molar-refractivity contribution in [2.45, 2.75) is 31.0 Å². The average molecular weight is 226 g/mol. The molecule has 0 radical (unpaired) electrons. The summed E-state index contributed by atoms with van der Waals surface area (Å²) in [5, 5.41) is 23.1. The van der Waals surface area contributed by atoms with Gasteiger partial charge in [0.25, 0.3) is 0 Å². The zero-order valence-electron chi connectivity index (χ0n) is 8.64. The Kier molecular flexibility index (Phi) is 4.28. The van der Waals surface area contributed by atoms with E-state index in [0.29, 0.717) is 6.54 Å². The number of β-amino-alcohol motifs (C(OH)–C–C–N with tert-alkyl or cyclic N) is 1. The Balaban J connectivity index is 2.49. The van der Waals surface area contributed by atoms with Gasteiger partial charge in [0.1, 0.15) is 6.04 Å². The van der Waals surface area contributed by atoms with E-state index in [2.05, 4.69) is 16.6 Å². The molecule has 3 atom stereocenters. The molecule has 0 aromatic carbocycles. The molecule has 0 aliphatic carbocycles. The van der Waals surface area contributed by atoms with Gasteiger partial charge in [-0.15, -0.1) is 12.3 Å². The fraction of sp³-hybridized carbons (Fsp3) is 0.600. The van der Waals surface area contributed by atoms with E-state index in [0.717, 1.165) is 0 Å². The maximum absolute atomic E-state index is 11.6. The number of hydrogen-bond acceptors (Lipinski definition) is 4. The molecule has 6 nitrogen and oxygen atoms in total. The average Bonchev–Trinajstić information content (AvgIpc) is 2.64. The number of carbonyl (C=O) groups is 2. The minimum absolute atomic E-state index is 0.0592. The summed E-state index contributed by atoms with van der Waals surface area (Å²) in [5.74, 6) is 0.581. The van der Waals surface area contributed by atoms with Crippen molar-refractivity contribution in [3.8, 4) is 12.3 Å². The highest BCUT2D eigenvalue weighted by Crippen LogP contribution is 2.06. The Hall–Kier alpha value is -1.58. The smallest absolute Gasteiger partial charge is 0.327 e. The molecular formula is C10H14N2O4. The second-order valence-corrected chi connectivity index (χ2v) is 3.66. The van der Waals surface area contributed by atoms with Crippen LogP contribution in [0.3, 0.4) is 0 Å². The first-order valence-electron chi connectivity index (χ1n) is 4.92. The summed E-state index contributed by atoms with van der Waals surface area (Å²) in [6.07, 6.45) is 4.66. The number of rotatable bonds is 4. The van der Waals surface area contributed by atoms with E-state index in [1.807, 2.05) is 0 Å². The maximum atomic E-state index is 11.6. The lowest BCUT2D eigenvalue weighted by molar-refractivity contribution is -0.141. The first-order chi connectivity index (χ1) is 7.54. The van der Waals surface area contributed by atoms with Gasteiger partial charge in [-0.3, -0.25) is 4.79 Å². The Labute approximate surface area is 93.0 Å². The summed E-state index contributed by atoms with van der Waals surface area (Å²) in [6, 6.07) is -1.62. The van der Waals surface area contributed by atoms with E-state index in [1.54, 1.807) is 0 Å². The molecule has 0 aromatic heterocycles. The normalized spacial score (nSPS) is 25.8. The molecule has 1 fully saturated rings. The molecule has 0 spiro atoms. The van der Waals surface area contributed by atoms with Crippen LogP contribution in [0.1, 0.15) is 12.8 Å². The van der Waals surface area contributed by atoms with Crippen molar-refractivity contribution in [3.05, 3.63) is 0 Å². The Morgan fingerprint density at radius 3 is 2.75 bits per heavy atom. The van der Waals surface area contributed by atoms with Crippen LogP contribution in [0.25, 0.3) is 0 Å². The number of carbonyl (C=O) groups excluding carboxylic acids is 1. The molecule has 6 heteroatoms. The number of nitrogens with one attached hydrogen (secondary N) is 2. The summed E-state index contributed by atoms with van der Waals surface area (Å²) in [7, 11) is 0. The van der Waals surface area contributed by atoms with Gasteiger partial charge in [-0.25, -0.2) is 4.79 Å². The van der Waals surface area contributed by atoms with Crippen LogP contribution in [-0.4, -0.2) is 46.8 Å². The lowest BCUT2D eigenvalue weighted by Crippen LogP contribution is -2.48. The van der Waals surface area contributed by atoms with Gasteiger partial charge in [-0.2, -0.15) is 0 Å².